The van der Waals surface area contributed by atoms with Gasteiger partial charge in [0.25, 0.3) is 0 Å². The minimum absolute atomic E-state index is 0.0341. The minimum Gasteiger partial charge on any atom is -0.490 e. The Kier molecular flexibility index (Phi) is 4.39. The van der Waals surface area contributed by atoms with Crippen molar-refractivity contribution in [3.63, 3.8) is 0 Å². The van der Waals surface area contributed by atoms with Gasteiger partial charge in [0.05, 0.1) is 19.6 Å². The molecule has 0 radical (unpaired) electrons. The van der Waals surface area contributed by atoms with Crippen LogP contribution >= 0.6 is 0 Å². The molecule has 1 atom stereocenters. The molecule has 2 aromatic carbocycles. The second-order valence-corrected chi connectivity index (χ2v) is 7.09. The molecule has 3 aliphatic rings. The normalized spacial score (nSPS) is 19.9. The fourth-order valence-electron chi connectivity index (χ4n) is 3.73. The molecule has 6 nitrogen and oxygen atoms in total. The van der Waals surface area contributed by atoms with E-state index in [0.29, 0.717) is 31.3 Å². The van der Waals surface area contributed by atoms with Crippen molar-refractivity contribution in [1.82, 2.24) is 0 Å². The summed E-state index contributed by atoms with van der Waals surface area (Å²) >= 11 is 0. The Morgan fingerprint density at radius 1 is 1.00 bits per heavy atom. The Morgan fingerprint density at radius 2 is 1.79 bits per heavy atom. The predicted molar refractivity (Wildman–Crippen MR) is 103 cm³/mol. The van der Waals surface area contributed by atoms with Gasteiger partial charge in [-0.25, -0.2) is 0 Å². The molecule has 0 saturated heterocycles. The summed E-state index contributed by atoms with van der Waals surface area (Å²) in [4.78, 5) is 17.5. The molecule has 0 amide bonds. The number of ether oxygens (including phenoxy) is 4. The second-order valence-electron chi connectivity index (χ2n) is 7.09. The lowest BCUT2D eigenvalue weighted by Gasteiger charge is -2.26. The van der Waals surface area contributed by atoms with Gasteiger partial charge in [0.1, 0.15) is 6.61 Å². The van der Waals surface area contributed by atoms with E-state index in [4.69, 9.17) is 18.9 Å². The summed E-state index contributed by atoms with van der Waals surface area (Å²) in [6.07, 6.45) is 1.28. The van der Waals surface area contributed by atoms with Gasteiger partial charge in [0.15, 0.2) is 34.9 Å². The number of carbonyl (C=O) groups excluding carboxylic acids is 1. The number of carbonyl (C=O) groups is 1. The lowest BCUT2D eigenvalue weighted by atomic mass is 9.93. The van der Waals surface area contributed by atoms with Crippen molar-refractivity contribution in [1.29, 1.82) is 0 Å². The van der Waals surface area contributed by atoms with Crippen LogP contribution in [0.4, 0.5) is 0 Å². The summed E-state index contributed by atoms with van der Waals surface area (Å²) in [7, 11) is 0. The van der Waals surface area contributed by atoms with Gasteiger partial charge >= 0.3 is 0 Å². The Hall–Kier alpha value is -3.02. The lowest BCUT2D eigenvalue weighted by molar-refractivity contribution is -0.126. The van der Waals surface area contributed by atoms with E-state index in [1.807, 2.05) is 36.4 Å². The molecule has 0 aliphatic carbocycles. The molecule has 3 aliphatic heterocycles. The molecule has 2 aromatic rings. The number of benzene rings is 2. The van der Waals surface area contributed by atoms with Crippen molar-refractivity contribution >= 4 is 11.5 Å². The number of ketones is 1. The van der Waals surface area contributed by atoms with Crippen LogP contribution in [0.25, 0.3) is 0 Å². The zero-order chi connectivity index (χ0) is 18.9. The molecule has 0 fully saturated rings. The Balaban J connectivity index is 1.36. The highest BCUT2D eigenvalue weighted by Gasteiger charge is 2.30. The van der Waals surface area contributed by atoms with E-state index < -0.39 is 6.10 Å². The molecule has 3 heterocycles. The minimum atomic E-state index is -0.622. The molecule has 0 saturated carbocycles. The largest absolute Gasteiger partial charge is 0.490 e. The first-order valence-electron chi connectivity index (χ1n) is 9.65. The van der Waals surface area contributed by atoms with Crippen molar-refractivity contribution in [2.24, 2.45) is 4.99 Å². The van der Waals surface area contributed by atoms with E-state index in [1.54, 1.807) is 0 Å². The van der Waals surface area contributed by atoms with Crippen molar-refractivity contribution in [2.75, 3.05) is 26.4 Å². The molecule has 5 rings (SSSR count). The van der Waals surface area contributed by atoms with Crippen LogP contribution in [0.3, 0.4) is 0 Å². The fourth-order valence-corrected chi connectivity index (χ4v) is 3.73. The molecule has 6 heteroatoms. The second kappa shape index (κ2) is 7.19. The van der Waals surface area contributed by atoms with Crippen LogP contribution in [-0.4, -0.2) is 44.0 Å². The highest BCUT2D eigenvalue weighted by Crippen LogP contribution is 2.35. The van der Waals surface area contributed by atoms with Crippen LogP contribution in [0.5, 0.6) is 23.0 Å². The molecule has 144 valence electrons. The molecule has 0 aromatic heterocycles. The number of rotatable bonds is 3. The fraction of sp³-hybridized carbons (Fsp3) is 0.364. The zero-order valence-corrected chi connectivity index (χ0v) is 15.5. The van der Waals surface area contributed by atoms with Gasteiger partial charge in [-0.2, -0.15) is 0 Å². The zero-order valence-electron chi connectivity index (χ0n) is 15.5. The standard InChI is InChI=1S/C22H21NO5/c24-17(22-13-27-18-4-1-2-5-19(18)28-22)12-16-15-11-21-20(25-8-3-9-26-21)10-14(15)6-7-23-16/h1-2,4-5,10-11,22H,3,6-9,12-13H2/t22-/m0/s1. The van der Waals surface area contributed by atoms with Crippen molar-refractivity contribution in [3.8, 4) is 23.0 Å². The molecular weight excluding hydrogens is 358 g/mol. The van der Waals surface area contributed by atoms with E-state index in [2.05, 4.69) is 4.99 Å². The third-order valence-corrected chi connectivity index (χ3v) is 5.18. The van der Waals surface area contributed by atoms with E-state index in [-0.39, 0.29) is 18.8 Å². The van der Waals surface area contributed by atoms with E-state index in [1.165, 1.54) is 0 Å². The number of aliphatic imine (C=N–C) groups is 1. The topological polar surface area (TPSA) is 66.4 Å². The van der Waals surface area contributed by atoms with Gasteiger partial charge in [-0.15, -0.1) is 0 Å². The number of fused-ring (bicyclic) bond motifs is 3. The van der Waals surface area contributed by atoms with Gasteiger partial charge in [-0.05, 0) is 36.2 Å². The van der Waals surface area contributed by atoms with Crippen LogP contribution in [0.2, 0.25) is 0 Å². The number of nitrogens with zero attached hydrogens (tertiary/aromatic N) is 1. The smallest absolute Gasteiger partial charge is 0.191 e. The van der Waals surface area contributed by atoms with Crippen molar-refractivity contribution in [2.45, 2.75) is 25.4 Å². The van der Waals surface area contributed by atoms with Gasteiger partial charge < -0.3 is 18.9 Å². The summed E-state index contributed by atoms with van der Waals surface area (Å²) in [5.74, 6) is 2.75. The van der Waals surface area contributed by atoms with E-state index in [0.717, 1.165) is 41.2 Å². The molecule has 0 N–H and O–H groups in total. The first-order chi connectivity index (χ1) is 13.8. The summed E-state index contributed by atoms with van der Waals surface area (Å²) < 4.78 is 23.1. The molecule has 28 heavy (non-hydrogen) atoms. The summed E-state index contributed by atoms with van der Waals surface area (Å²) in [6.45, 7) is 2.17. The Bertz CT molecular complexity index is 952. The highest BCUT2D eigenvalue weighted by atomic mass is 16.6. The van der Waals surface area contributed by atoms with Crippen LogP contribution in [0, 0.1) is 0 Å². The van der Waals surface area contributed by atoms with Gasteiger partial charge in [-0.1, -0.05) is 12.1 Å². The first kappa shape index (κ1) is 17.1. The summed E-state index contributed by atoms with van der Waals surface area (Å²) in [5, 5.41) is 0. The maximum atomic E-state index is 12.9. The van der Waals surface area contributed by atoms with Crippen LogP contribution in [0.1, 0.15) is 24.0 Å². The van der Waals surface area contributed by atoms with E-state index in [9.17, 15) is 4.79 Å². The van der Waals surface area contributed by atoms with Gasteiger partial charge in [0.2, 0.25) is 0 Å². The number of Topliss-reactive ketones (excluding diaryl/α,β-unsaturated/α-hetero) is 1. The van der Waals surface area contributed by atoms with Crippen LogP contribution in [-0.2, 0) is 11.2 Å². The number of hydrogen-bond donors (Lipinski definition) is 0. The number of hydrogen-bond acceptors (Lipinski definition) is 6. The monoisotopic (exact) mass is 379 g/mol. The third-order valence-electron chi connectivity index (χ3n) is 5.18. The van der Waals surface area contributed by atoms with E-state index >= 15 is 0 Å². The van der Waals surface area contributed by atoms with Crippen molar-refractivity contribution in [3.05, 3.63) is 47.5 Å². The Labute approximate surface area is 163 Å². The third kappa shape index (κ3) is 3.19. The quantitative estimate of drug-likeness (QED) is 0.820. The van der Waals surface area contributed by atoms with Gasteiger partial charge in [-0.3, -0.25) is 9.79 Å². The van der Waals surface area contributed by atoms with Crippen molar-refractivity contribution < 1.29 is 23.7 Å². The lowest BCUT2D eigenvalue weighted by Crippen LogP contribution is -2.38. The maximum absolute atomic E-state index is 12.9. The summed E-state index contributed by atoms with van der Waals surface area (Å²) in [6, 6.07) is 11.4. The molecular formula is C22H21NO5. The Morgan fingerprint density at radius 3 is 2.64 bits per heavy atom. The first-order valence-corrected chi connectivity index (χ1v) is 9.65. The van der Waals surface area contributed by atoms with Gasteiger partial charge in [0, 0.05) is 24.2 Å². The average molecular weight is 379 g/mol. The average Bonchev–Trinajstić information content (AvgIpc) is 2.97. The molecule has 0 spiro atoms. The highest BCUT2D eigenvalue weighted by molar-refractivity contribution is 6.13. The molecule has 0 bridgehead atoms. The molecule has 0 unspecified atom stereocenters. The summed E-state index contributed by atoms with van der Waals surface area (Å²) in [5.41, 5.74) is 2.90. The maximum Gasteiger partial charge on any atom is 0.191 e. The number of para-hydroxylation sites is 2. The SMILES string of the molecule is O=C(CC1=NCCc2cc3c(cc21)OCCCO3)[C@@H]1COc2ccccc2O1. The predicted octanol–water partition coefficient (Wildman–Crippen LogP) is 2.99. The van der Waals surface area contributed by atoms with Crippen LogP contribution in [0.15, 0.2) is 41.4 Å². The van der Waals surface area contributed by atoms with Crippen LogP contribution < -0.4 is 18.9 Å².